The van der Waals surface area contributed by atoms with Crippen LogP contribution in [0.2, 0.25) is 0 Å². The molecule has 0 spiro atoms. The van der Waals surface area contributed by atoms with Crippen molar-refractivity contribution in [3.63, 3.8) is 0 Å². The SMILES string of the molecule is O=C(OOC(=O)C(F)(F)C(F)(F)C(F)(F)C(F)(F)C(F)(F)C(F)(Cl)C(Cl)(Cl)C(Cl)(Cl)C(F)(F)F)C(F)(F)C(F)(F)C(F)(F)C(F)(F)C(F)(F)C(F)(Cl)C(Cl)(Cl)C(Cl)(Cl)C(F)(F)F. The van der Waals surface area contributed by atoms with Crippen LogP contribution in [0.3, 0.4) is 0 Å². The number of hydrogen-bond acceptors (Lipinski definition) is 4. The van der Waals surface area contributed by atoms with E-state index >= 15 is 0 Å². The lowest BCUT2D eigenvalue weighted by Gasteiger charge is -2.47. The van der Waals surface area contributed by atoms with E-state index in [0.29, 0.717) is 0 Å². The molecule has 0 radical (unpaired) electrons. The molecule has 0 saturated carbocycles. The zero-order valence-electron chi connectivity index (χ0n) is 26.0. The Hall–Kier alpha value is -0.120. The highest BCUT2D eigenvalue weighted by atomic mass is 35.6. The molecule has 0 N–H and O–H groups in total. The number of halogens is 38. The van der Waals surface area contributed by atoms with Crippen molar-refractivity contribution in [1.82, 2.24) is 0 Å². The maximum absolute atomic E-state index is 14.7. The van der Waals surface area contributed by atoms with E-state index in [1.54, 1.807) is 0 Å². The number of hydrogen-bond donors (Lipinski definition) is 0. The Morgan fingerprint density at radius 2 is 0.419 bits per heavy atom. The standard InChI is InChI=1S/C20Cl10F28O4/c21-5(22,7(25,26)19(53,54)55)9(29,35)13(41,42)17(49,50)15(45,46)11(37,38)3(31,32)1(59)61-62-2(60)4(33,34)12(39,40)16(47,48)18(51,52)14(43,44)10(30,36)6(23,24)8(27,28)20(56,57)58. The van der Waals surface area contributed by atoms with Crippen molar-refractivity contribution in [2.75, 3.05) is 0 Å². The summed E-state index contributed by atoms with van der Waals surface area (Å²) in [6.07, 6.45) is -13.6. The Labute approximate surface area is 368 Å². The molecule has 0 rings (SSSR count). The van der Waals surface area contributed by atoms with Gasteiger partial charge in [0, 0.05) is 0 Å². The number of carbonyl (C=O) groups is 2. The first-order chi connectivity index (χ1) is 26.0. The van der Waals surface area contributed by atoms with Gasteiger partial charge in [0.2, 0.25) is 17.3 Å². The first kappa shape index (κ1) is 61.9. The Morgan fingerprint density at radius 1 is 0.258 bits per heavy atom. The fourth-order valence-electron chi connectivity index (χ4n) is 3.16. The van der Waals surface area contributed by atoms with Crippen molar-refractivity contribution in [3.05, 3.63) is 0 Å². The van der Waals surface area contributed by atoms with Gasteiger partial charge >= 0.3 is 83.5 Å². The van der Waals surface area contributed by atoms with Crippen LogP contribution in [-0.2, 0) is 19.4 Å². The predicted octanol–water partition coefficient (Wildman–Crippen LogP) is 14.0. The molecule has 0 heterocycles. The fourth-order valence-corrected chi connectivity index (χ4v) is 5.30. The van der Waals surface area contributed by atoms with Crippen molar-refractivity contribution in [2.45, 2.75) is 99.2 Å². The van der Waals surface area contributed by atoms with Crippen molar-refractivity contribution in [2.24, 2.45) is 0 Å². The van der Waals surface area contributed by atoms with Crippen LogP contribution in [0, 0.1) is 0 Å². The van der Waals surface area contributed by atoms with Crippen molar-refractivity contribution in [1.29, 1.82) is 0 Å². The topological polar surface area (TPSA) is 52.6 Å². The van der Waals surface area contributed by atoms with Crippen molar-refractivity contribution < 1.29 is 142 Å². The Bertz CT molecular complexity index is 1580. The average Bonchev–Trinajstić information content (AvgIpc) is 3.04. The summed E-state index contributed by atoms with van der Waals surface area (Å²) in [5.74, 6) is -97.9. The van der Waals surface area contributed by atoms with Crippen LogP contribution in [0.25, 0.3) is 0 Å². The lowest BCUT2D eigenvalue weighted by molar-refractivity contribution is -0.414. The van der Waals surface area contributed by atoms with E-state index in [1.165, 1.54) is 0 Å². The van der Waals surface area contributed by atoms with Gasteiger partial charge in [-0.15, -0.1) is 0 Å². The van der Waals surface area contributed by atoms with E-state index in [-0.39, 0.29) is 0 Å². The molecule has 42 heteroatoms. The quantitative estimate of drug-likeness (QED) is 0.0669. The third kappa shape index (κ3) is 8.02. The maximum atomic E-state index is 14.7. The summed E-state index contributed by atoms with van der Waals surface area (Å²) in [5.41, 5.74) is 0. The zero-order chi connectivity index (χ0) is 51.6. The van der Waals surface area contributed by atoms with Gasteiger partial charge in [-0.3, -0.25) is 0 Å². The summed E-state index contributed by atoms with van der Waals surface area (Å²) in [5, 5.41) is -14.4. The Morgan fingerprint density at radius 3 is 0.581 bits per heavy atom. The summed E-state index contributed by atoms with van der Waals surface area (Å²) >= 11 is 43.2. The van der Waals surface area contributed by atoms with E-state index in [9.17, 15) is 133 Å². The van der Waals surface area contributed by atoms with Gasteiger partial charge in [0.25, 0.3) is 10.3 Å². The number of alkyl halides is 38. The minimum absolute atomic E-state index is 1.84. The van der Waals surface area contributed by atoms with Gasteiger partial charge in [0.15, 0.2) is 0 Å². The normalized spacial score (nSPS) is 18.2. The molecule has 2 atom stereocenters. The summed E-state index contributed by atoms with van der Waals surface area (Å²) in [4.78, 5) is 26.2. The highest BCUT2D eigenvalue weighted by molar-refractivity contribution is 6.66. The molecule has 0 fully saturated rings. The molecular weight excluding hydrogens is 1190 g/mol. The lowest BCUT2D eigenvalue weighted by Crippen LogP contribution is -2.75. The van der Waals surface area contributed by atoms with Crippen molar-refractivity contribution >= 4 is 128 Å². The molecule has 370 valence electrons. The minimum Gasteiger partial charge on any atom is -0.240 e. The summed E-state index contributed by atoms with van der Waals surface area (Å²) in [6.45, 7) is 0. The molecule has 62 heavy (non-hydrogen) atoms. The van der Waals surface area contributed by atoms with Crippen LogP contribution in [0.5, 0.6) is 0 Å². The maximum Gasteiger partial charge on any atom is 0.431 e. The van der Waals surface area contributed by atoms with Gasteiger partial charge in [0.05, 0.1) is 0 Å². The van der Waals surface area contributed by atoms with Crippen LogP contribution in [0.4, 0.5) is 123 Å². The van der Waals surface area contributed by atoms with E-state index in [1.807, 2.05) is 9.78 Å². The second kappa shape index (κ2) is 16.3. The fraction of sp³-hybridized carbons (Fsp3) is 0.900. The van der Waals surface area contributed by atoms with E-state index in [4.69, 9.17) is 0 Å². The lowest BCUT2D eigenvalue weighted by atomic mass is 9.90. The molecule has 0 aromatic heterocycles. The largest absolute Gasteiger partial charge is 0.431 e. The van der Waals surface area contributed by atoms with Crippen LogP contribution < -0.4 is 0 Å². The third-order valence-electron chi connectivity index (χ3n) is 6.94. The average molecular weight is 1190 g/mol. The highest BCUT2D eigenvalue weighted by Gasteiger charge is 2.96. The van der Waals surface area contributed by atoms with Crippen LogP contribution >= 0.6 is 116 Å². The van der Waals surface area contributed by atoms with Gasteiger partial charge < -0.3 is 0 Å². The van der Waals surface area contributed by atoms with E-state index in [2.05, 4.69) is 116 Å². The predicted molar refractivity (Wildman–Crippen MR) is 151 cm³/mol. The Kier molecular flexibility index (Phi) is 16.2. The zero-order valence-corrected chi connectivity index (χ0v) is 33.6. The second-order valence-electron chi connectivity index (χ2n) is 10.9. The minimum atomic E-state index is -9.05. The van der Waals surface area contributed by atoms with Gasteiger partial charge in [-0.25, -0.2) is 28.1 Å². The summed E-state index contributed by atoms with van der Waals surface area (Å²) < 4.78 is 368. The molecular formula is C20Cl10F28O4. The number of carbonyl (C=O) groups excluding carboxylic acids is 2. The molecule has 0 aromatic rings. The smallest absolute Gasteiger partial charge is 0.240 e. The van der Waals surface area contributed by atoms with E-state index < -0.39 is 111 Å². The molecule has 2 unspecified atom stereocenters. The third-order valence-corrected chi connectivity index (χ3v) is 13.3. The number of rotatable bonds is 16. The van der Waals surface area contributed by atoms with Gasteiger partial charge in [-0.05, 0) is 0 Å². The molecule has 0 aliphatic rings. The highest BCUT2D eigenvalue weighted by Crippen LogP contribution is 2.70. The van der Waals surface area contributed by atoms with Gasteiger partial charge in [-0.1, -0.05) is 116 Å². The van der Waals surface area contributed by atoms with Crippen LogP contribution in [0.1, 0.15) is 0 Å². The molecule has 0 aromatic carbocycles. The molecule has 0 bridgehead atoms. The summed E-state index contributed by atoms with van der Waals surface area (Å²) in [6, 6.07) is 0. The monoisotopic (exact) mass is 1190 g/mol. The van der Waals surface area contributed by atoms with Gasteiger partial charge in [0.1, 0.15) is 0 Å². The molecule has 0 saturated heterocycles. The van der Waals surface area contributed by atoms with Gasteiger partial charge in [-0.2, -0.15) is 114 Å². The van der Waals surface area contributed by atoms with Crippen molar-refractivity contribution in [3.8, 4) is 0 Å². The first-order valence-corrected chi connectivity index (χ1v) is 16.4. The Balaban J connectivity index is 7.09. The molecule has 0 aliphatic carbocycles. The molecule has 0 amide bonds. The molecule has 0 aliphatic heterocycles. The second-order valence-corrected chi connectivity index (χ2v) is 17.3. The molecule has 4 nitrogen and oxygen atoms in total. The van der Waals surface area contributed by atoms with Crippen LogP contribution in [-0.4, -0.2) is 111 Å². The van der Waals surface area contributed by atoms with Crippen LogP contribution in [0.15, 0.2) is 0 Å². The first-order valence-electron chi connectivity index (χ1n) is 12.7. The van der Waals surface area contributed by atoms with E-state index in [0.717, 1.165) is 0 Å². The summed E-state index contributed by atoms with van der Waals surface area (Å²) in [7, 11) is 0.